The van der Waals surface area contributed by atoms with Crippen molar-refractivity contribution in [3.8, 4) is 0 Å². The van der Waals surface area contributed by atoms with Gasteiger partial charge in [-0.3, -0.25) is 4.99 Å². The molecule has 1 aliphatic heterocycles. The molecule has 0 aromatic carbocycles. The third-order valence-corrected chi connectivity index (χ3v) is 5.06. The van der Waals surface area contributed by atoms with Gasteiger partial charge in [0.25, 0.3) is 0 Å². The Balaban J connectivity index is 0.00000264. The second-order valence-corrected chi connectivity index (χ2v) is 7.32. The van der Waals surface area contributed by atoms with Crippen molar-refractivity contribution >= 4 is 46.3 Å². The molecular formula is C17H31IN4S. The van der Waals surface area contributed by atoms with Gasteiger partial charge >= 0.3 is 0 Å². The van der Waals surface area contributed by atoms with E-state index < -0.39 is 0 Å². The monoisotopic (exact) mass is 450 g/mol. The molecular weight excluding hydrogens is 419 g/mol. The van der Waals surface area contributed by atoms with Gasteiger partial charge in [-0.25, -0.2) is 0 Å². The van der Waals surface area contributed by atoms with Gasteiger partial charge in [-0.15, -0.1) is 35.3 Å². The Labute approximate surface area is 162 Å². The molecule has 2 N–H and O–H groups in total. The molecule has 1 aromatic heterocycles. The molecule has 0 spiro atoms. The summed E-state index contributed by atoms with van der Waals surface area (Å²) in [6.45, 7) is 7.81. The molecule has 4 nitrogen and oxygen atoms in total. The quantitative estimate of drug-likeness (QED) is 0.299. The number of aliphatic imine (C=N–C) groups is 1. The summed E-state index contributed by atoms with van der Waals surface area (Å²) in [6, 6.07) is 4.88. The number of halogens is 1. The lowest BCUT2D eigenvalue weighted by Crippen LogP contribution is -2.48. The highest BCUT2D eigenvalue weighted by Crippen LogP contribution is 2.24. The first-order valence-electron chi connectivity index (χ1n) is 8.44. The predicted octanol–water partition coefficient (Wildman–Crippen LogP) is 3.94. The Morgan fingerprint density at radius 1 is 1.39 bits per heavy atom. The van der Waals surface area contributed by atoms with Crippen LogP contribution in [-0.4, -0.2) is 38.7 Å². The van der Waals surface area contributed by atoms with Crippen LogP contribution in [0.4, 0.5) is 5.00 Å². The van der Waals surface area contributed by atoms with Crippen LogP contribution in [0.1, 0.15) is 39.5 Å². The number of anilines is 1. The number of nitrogens with one attached hydrogen (secondary N) is 2. The Kier molecular flexibility index (Phi) is 9.94. The van der Waals surface area contributed by atoms with E-state index in [1.165, 1.54) is 30.7 Å². The van der Waals surface area contributed by atoms with E-state index in [2.05, 4.69) is 51.9 Å². The van der Waals surface area contributed by atoms with Crippen LogP contribution >= 0.6 is 35.3 Å². The zero-order chi connectivity index (χ0) is 15.8. The minimum absolute atomic E-state index is 0. The van der Waals surface area contributed by atoms with Crippen molar-refractivity contribution in [2.45, 2.75) is 45.6 Å². The number of rotatable bonds is 6. The first-order chi connectivity index (χ1) is 10.7. The molecule has 0 amide bonds. The summed E-state index contributed by atoms with van der Waals surface area (Å²) >= 11 is 1.83. The van der Waals surface area contributed by atoms with Gasteiger partial charge in [0.05, 0.1) is 5.00 Å². The van der Waals surface area contributed by atoms with Crippen LogP contribution in [0.3, 0.4) is 0 Å². The molecule has 0 atom stereocenters. The first kappa shape index (κ1) is 20.5. The first-order valence-corrected chi connectivity index (χ1v) is 9.32. The Bertz CT molecular complexity index is 439. The Morgan fingerprint density at radius 2 is 2.13 bits per heavy atom. The zero-order valence-corrected chi connectivity index (χ0v) is 17.7. The maximum absolute atomic E-state index is 4.35. The molecule has 0 radical (unpaired) electrons. The van der Waals surface area contributed by atoms with Gasteiger partial charge in [-0.1, -0.05) is 13.8 Å². The van der Waals surface area contributed by atoms with Crippen LogP contribution in [0.5, 0.6) is 0 Å². The third-order valence-electron chi connectivity index (χ3n) is 4.13. The highest BCUT2D eigenvalue weighted by molar-refractivity contribution is 14.0. The molecule has 1 fully saturated rings. The van der Waals surface area contributed by atoms with E-state index in [0.29, 0.717) is 6.04 Å². The number of piperidine rings is 1. The van der Waals surface area contributed by atoms with Crippen molar-refractivity contribution in [2.24, 2.45) is 10.9 Å². The summed E-state index contributed by atoms with van der Waals surface area (Å²) in [4.78, 5) is 6.84. The largest absolute Gasteiger partial charge is 0.363 e. The Hall–Kier alpha value is -0.500. The van der Waals surface area contributed by atoms with Crippen molar-refractivity contribution in [2.75, 3.05) is 31.6 Å². The Morgan fingerprint density at radius 3 is 2.70 bits per heavy atom. The molecule has 6 heteroatoms. The third kappa shape index (κ3) is 7.28. The maximum Gasteiger partial charge on any atom is 0.191 e. The van der Waals surface area contributed by atoms with Gasteiger partial charge in [0.15, 0.2) is 5.96 Å². The van der Waals surface area contributed by atoms with Crippen LogP contribution in [0.15, 0.2) is 22.5 Å². The SMILES string of the molecule is CN=C(NCCCC(C)C)NC1CCN(c2cccs2)CC1.I. The summed E-state index contributed by atoms with van der Waals surface area (Å²) in [6.07, 6.45) is 4.81. The number of hydrogen-bond donors (Lipinski definition) is 2. The van der Waals surface area contributed by atoms with Crippen molar-refractivity contribution in [3.05, 3.63) is 17.5 Å². The van der Waals surface area contributed by atoms with Crippen molar-refractivity contribution in [3.63, 3.8) is 0 Å². The number of hydrogen-bond acceptors (Lipinski definition) is 3. The molecule has 0 aliphatic carbocycles. The highest BCUT2D eigenvalue weighted by atomic mass is 127. The van der Waals surface area contributed by atoms with Gasteiger partial charge < -0.3 is 15.5 Å². The average molecular weight is 450 g/mol. The molecule has 132 valence electrons. The lowest BCUT2D eigenvalue weighted by Gasteiger charge is -2.33. The van der Waals surface area contributed by atoms with Gasteiger partial charge in [-0.2, -0.15) is 0 Å². The van der Waals surface area contributed by atoms with E-state index in [1.54, 1.807) is 0 Å². The van der Waals surface area contributed by atoms with Crippen LogP contribution in [0, 0.1) is 5.92 Å². The topological polar surface area (TPSA) is 39.7 Å². The number of guanidine groups is 1. The van der Waals surface area contributed by atoms with Crippen molar-refractivity contribution in [1.82, 2.24) is 10.6 Å². The van der Waals surface area contributed by atoms with E-state index in [-0.39, 0.29) is 24.0 Å². The van der Waals surface area contributed by atoms with E-state index in [0.717, 1.165) is 31.5 Å². The van der Waals surface area contributed by atoms with Crippen LogP contribution in [-0.2, 0) is 0 Å². The van der Waals surface area contributed by atoms with Crippen LogP contribution in [0.2, 0.25) is 0 Å². The van der Waals surface area contributed by atoms with Gasteiger partial charge in [0.2, 0.25) is 0 Å². The predicted molar refractivity (Wildman–Crippen MR) is 114 cm³/mol. The molecule has 0 saturated carbocycles. The zero-order valence-electron chi connectivity index (χ0n) is 14.5. The minimum atomic E-state index is 0. The van der Waals surface area contributed by atoms with E-state index in [4.69, 9.17) is 0 Å². The molecule has 2 rings (SSSR count). The molecule has 1 aliphatic rings. The maximum atomic E-state index is 4.35. The molecule has 2 heterocycles. The smallest absolute Gasteiger partial charge is 0.191 e. The summed E-state index contributed by atoms with van der Waals surface area (Å²) in [5, 5.41) is 10.6. The molecule has 1 aromatic rings. The molecule has 0 unspecified atom stereocenters. The fourth-order valence-electron chi connectivity index (χ4n) is 2.80. The highest BCUT2D eigenvalue weighted by Gasteiger charge is 2.20. The van der Waals surface area contributed by atoms with Gasteiger partial charge in [0.1, 0.15) is 0 Å². The van der Waals surface area contributed by atoms with E-state index >= 15 is 0 Å². The van der Waals surface area contributed by atoms with Crippen LogP contribution < -0.4 is 15.5 Å². The molecule has 1 saturated heterocycles. The second kappa shape index (κ2) is 11.1. The molecule has 0 bridgehead atoms. The van der Waals surface area contributed by atoms with Gasteiger partial charge in [-0.05, 0) is 49.1 Å². The van der Waals surface area contributed by atoms with Crippen LogP contribution in [0.25, 0.3) is 0 Å². The number of thiophene rings is 1. The fraction of sp³-hybridized carbons (Fsp3) is 0.706. The van der Waals surface area contributed by atoms with Gasteiger partial charge in [0, 0.05) is 32.7 Å². The standard InChI is InChI=1S/C17H30N4S.HI/c1-14(2)6-4-10-19-17(18-3)20-15-8-11-21(12-9-15)16-7-5-13-22-16;/h5,7,13-15H,4,6,8-12H2,1-3H3,(H2,18,19,20);1H. The van der Waals surface area contributed by atoms with Crippen molar-refractivity contribution < 1.29 is 0 Å². The lowest BCUT2D eigenvalue weighted by atomic mass is 10.1. The summed E-state index contributed by atoms with van der Waals surface area (Å²) in [7, 11) is 1.86. The minimum Gasteiger partial charge on any atom is -0.363 e. The second-order valence-electron chi connectivity index (χ2n) is 6.39. The number of nitrogens with zero attached hydrogens (tertiary/aromatic N) is 2. The van der Waals surface area contributed by atoms with E-state index in [9.17, 15) is 0 Å². The molecule has 23 heavy (non-hydrogen) atoms. The van der Waals surface area contributed by atoms with E-state index in [1.807, 2.05) is 18.4 Å². The fourth-order valence-corrected chi connectivity index (χ4v) is 3.58. The van der Waals surface area contributed by atoms with Crippen molar-refractivity contribution in [1.29, 1.82) is 0 Å². The summed E-state index contributed by atoms with van der Waals surface area (Å²) in [5.74, 6) is 1.73. The summed E-state index contributed by atoms with van der Waals surface area (Å²) < 4.78 is 0. The average Bonchev–Trinajstić information content (AvgIpc) is 3.05. The lowest BCUT2D eigenvalue weighted by molar-refractivity contribution is 0.461. The summed E-state index contributed by atoms with van der Waals surface area (Å²) in [5.41, 5.74) is 0. The normalized spacial score (nSPS) is 16.3.